The molecule has 3 aromatic heterocycles. The number of sulfonamides is 1. The quantitative estimate of drug-likeness (QED) is 0.661. The van der Waals surface area contributed by atoms with Crippen LogP contribution in [0.4, 0.5) is 11.5 Å². The molecule has 3 aliphatic heterocycles. The molecular formula is C21H25N7O2S. The highest BCUT2D eigenvalue weighted by Crippen LogP contribution is 2.45. The highest BCUT2D eigenvalue weighted by Gasteiger charge is 2.57. The van der Waals surface area contributed by atoms with Crippen LogP contribution in [0, 0.1) is 0 Å². The normalized spacial score (nSPS) is 23.0. The molecule has 3 aromatic rings. The fourth-order valence-corrected chi connectivity index (χ4v) is 6.24. The van der Waals surface area contributed by atoms with E-state index in [1.54, 1.807) is 10.6 Å². The number of hydrogen-bond donors (Lipinski definition) is 1. The molecule has 0 aliphatic carbocycles. The van der Waals surface area contributed by atoms with Gasteiger partial charge in [-0.2, -0.15) is 4.31 Å². The van der Waals surface area contributed by atoms with E-state index in [2.05, 4.69) is 48.8 Å². The van der Waals surface area contributed by atoms with Gasteiger partial charge in [-0.25, -0.2) is 23.4 Å². The molecule has 6 rings (SSSR count). The Labute approximate surface area is 181 Å². The van der Waals surface area contributed by atoms with Gasteiger partial charge in [-0.05, 0) is 25.5 Å². The van der Waals surface area contributed by atoms with Crippen molar-refractivity contribution in [2.24, 2.45) is 0 Å². The summed E-state index contributed by atoms with van der Waals surface area (Å²) in [4.78, 5) is 21.6. The first-order valence-corrected chi connectivity index (χ1v) is 12.4. The summed E-state index contributed by atoms with van der Waals surface area (Å²) in [6.45, 7) is 4.93. The summed E-state index contributed by atoms with van der Waals surface area (Å²) in [5.74, 6) is 0.959. The number of fused-ring (bicyclic) bond motifs is 2. The van der Waals surface area contributed by atoms with Crippen LogP contribution in [0.3, 0.4) is 0 Å². The highest BCUT2D eigenvalue weighted by atomic mass is 32.2. The molecule has 0 radical (unpaired) electrons. The Kier molecular flexibility index (Phi) is 3.92. The van der Waals surface area contributed by atoms with Crippen molar-refractivity contribution in [1.29, 1.82) is 0 Å². The minimum absolute atomic E-state index is 0.121. The average molecular weight is 440 g/mol. The lowest BCUT2D eigenvalue weighted by molar-refractivity contribution is 0.0916. The molecule has 162 valence electrons. The van der Waals surface area contributed by atoms with Crippen LogP contribution in [0.5, 0.6) is 0 Å². The summed E-state index contributed by atoms with van der Waals surface area (Å²) in [5.41, 5.74) is 4.16. The first-order chi connectivity index (χ1) is 14.9. The van der Waals surface area contributed by atoms with Gasteiger partial charge in [0.1, 0.15) is 17.8 Å². The van der Waals surface area contributed by atoms with Gasteiger partial charge >= 0.3 is 0 Å². The van der Waals surface area contributed by atoms with E-state index in [-0.39, 0.29) is 5.54 Å². The third-order valence-electron chi connectivity index (χ3n) is 7.15. The Balaban J connectivity index is 1.35. The maximum Gasteiger partial charge on any atom is 0.211 e. The zero-order valence-electron chi connectivity index (χ0n) is 17.6. The van der Waals surface area contributed by atoms with Crippen LogP contribution in [0.2, 0.25) is 0 Å². The van der Waals surface area contributed by atoms with E-state index in [0.717, 1.165) is 59.7 Å². The molecule has 0 unspecified atom stereocenters. The van der Waals surface area contributed by atoms with Crippen LogP contribution in [0.15, 0.2) is 30.9 Å². The van der Waals surface area contributed by atoms with Gasteiger partial charge in [-0.3, -0.25) is 0 Å². The van der Waals surface area contributed by atoms with Crippen molar-refractivity contribution in [3.05, 3.63) is 42.1 Å². The lowest BCUT2D eigenvalue weighted by Crippen LogP contribution is -2.78. The second kappa shape index (κ2) is 6.39. The van der Waals surface area contributed by atoms with Crippen LogP contribution in [-0.2, 0) is 23.0 Å². The van der Waals surface area contributed by atoms with Crippen molar-refractivity contribution >= 4 is 32.6 Å². The standard InChI is InChI=1S/C21H25N7O2S/c1-14-9-17-16(10-27(14)18-4-7-23-19-15(18)3-6-22-19)20(25-13-24-17)28-8-5-21(28)11-26(12-21)31(2,29)30/h3-4,6-7,13-14H,5,8-12H2,1-2H3,(H,22,23)/t14-/m1/s1. The minimum atomic E-state index is -3.15. The van der Waals surface area contributed by atoms with Crippen molar-refractivity contribution in [1.82, 2.24) is 24.2 Å². The molecule has 1 atom stereocenters. The molecular weight excluding hydrogens is 414 g/mol. The van der Waals surface area contributed by atoms with Gasteiger partial charge in [-0.15, -0.1) is 0 Å². The van der Waals surface area contributed by atoms with Crippen LogP contribution in [-0.4, -0.2) is 70.1 Å². The van der Waals surface area contributed by atoms with Gasteiger partial charge in [0, 0.05) is 67.7 Å². The molecule has 0 amide bonds. The zero-order chi connectivity index (χ0) is 21.4. The van der Waals surface area contributed by atoms with E-state index in [1.807, 2.05) is 12.4 Å². The average Bonchev–Trinajstić information content (AvgIpc) is 3.14. The Hall–Kier alpha value is -2.72. The number of aromatic nitrogens is 4. The number of nitrogens with one attached hydrogen (secondary N) is 1. The maximum absolute atomic E-state index is 11.9. The fraction of sp³-hybridized carbons (Fsp3) is 0.476. The monoisotopic (exact) mass is 439 g/mol. The lowest BCUT2D eigenvalue weighted by Gasteiger charge is -2.62. The molecule has 31 heavy (non-hydrogen) atoms. The third-order valence-corrected chi connectivity index (χ3v) is 8.34. The SMILES string of the molecule is C[C@@H]1Cc2ncnc(N3CCC34CN(S(C)(=O)=O)C4)c2CN1c1ccnc2[nH]ccc12. The summed E-state index contributed by atoms with van der Waals surface area (Å²) in [6.07, 6.45) is 8.54. The van der Waals surface area contributed by atoms with E-state index in [9.17, 15) is 8.42 Å². The number of aromatic amines is 1. The Bertz CT molecular complexity index is 1280. The van der Waals surface area contributed by atoms with E-state index in [0.29, 0.717) is 19.1 Å². The van der Waals surface area contributed by atoms with E-state index >= 15 is 0 Å². The molecule has 0 aromatic carbocycles. The molecule has 0 bridgehead atoms. The number of nitrogens with zero attached hydrogens (tertiary/aromatic N) is 6. The summed E-state index contributed by atoms with van der Waals surface area (Å²) in [6, 6.07) is 4.44. The van der Waals surface area contributed by atoms with Crippen molar-refractivity contribution in [2.75, 3.05) is 35.7 Å². The summed E-state index contributed by atoms with van der Waals surface area (Å²) < 4.78 is 25.4. The molecule has 1 N–H and O–H groups in total. The predicted octanol–water partition coefficient (Wildman–Crippen LogP) is 1.53. The molecule has 9 nitrogen and oxygen atoms in total. The van der Waals surface area contributed by atoms with Gasteiger partial charge in [-0.1, -0.05) is 0 Å². The smallest absolute Gasteiger partial charge is 0.211 e. The molecule has 3 aliphatic rings. The molecule has 1 spiro atoms. The van der Waals surface area contributed by atoms with Crippen LogP contribution in [0.1, 0.15) is 24.6 Å². The van der Waals surface area contributed by atoms with E-state index < -0.39 is 10.0 Å². The second-order valence-electron chi connectivity index (χ2n) is 9.03. The van der Waals surface area contributed by atoms with Gasteiger partial charge in [0.15, 0.2) is 0 Å². The third kappa shape index (κ3) is 2.77. The van der Waals surface area contributed by atoms with Crippen LogP contribution < -0.4 is 9.80 Å². The van der Waals surface area contributed by atoms with Gasteiger partial charge in [0.05, 0.1) is 17.5 Å². The summed E-state index contributed by atoms with van der Waals surface area (Å²) in [7, 11) is -3.15. The second-order valence-corrected chi connectivity index (χ2v) is 11.0. The van der Waals surface area contributed by atoms with E-state index in [1.165, 1.54) is 6.26 Å². The van der Waals surface area contributed by atoms with Crippen molar-refractivity contribution < 1.29 is 8.42 Å². The number of hydrogen-bond acceptors (Lipinski definition) is 7. The molecule has 2 saturated heterocycles. The Morgan fingerprint density at radius 1 is 1.19 bits per heavy atom. The van der Waals surface area contributed by atoms with Gasteiger partial charge < -0.3 is 14.8 Å². The Morgan fingerprint density at radius 3 is 2.77 bits per heavy atom. The predicted molar refractivity (Wildman–Crippen MR) is 119 cm³/mol. The molecule has 6 heterocycles. The highest BCUT2D eigenvalue weighted by molar-refractivity contribution is 7.88. The molecule has 10 heteroatoms. The number of H-pyrrole nitrogens is 1. The first kappa shape index (κ1) is 19.0. The van der Waals surface area contributed by atoms with Crippen molar-refractivity contribution in [2.45, 2.75) is 37.9 Å². The minimum Gasteiger partial charge on any atom is -0.363 e. The topological polar surface area (TPSA) is 98.3 Å². The Morgan fingerprint density at radius 2 is 2.03 bits per heavy atom. The van der Waals surface area contributed by atoms with Crippen molar-refractivity contribution in [3.63, 3.8) is 0 Å². The number of anilines is 2. The first-order valence-electron chi connectivity index (χ1n) is 10.6. The van der Waals surface area contributed by atoms with Gasteiger partial charge in [0.2, 0.25) is 10.0 Å². The lowest BCUT2D eigenvalue weighted by atomic mass is 9.78. The number of rotatable bonds is 3. The number of pyridine rings is 1. The summed E-state index contributed by atoms with van der Waals surface area (Å²) in [5, 5.41) is 1.11. The van der Waals surface area contributed by atoms with Crippen LogP contribution in [0.25, 0.3) is 11.0 Å². The maximum atomic E-state index is 11.9. The van der Waals surface area contributed by atoms with Gasteiger partial charge in [0.25, 0.3) is 0 Å². The fourth-order valence-electron chi connectivity index (χ4n) is 5.29. The molecule has 2 fully saturated rings. The zero-order valence-corrected chi connectivity index (χ0v) is 18.4. The molecule has 0 saturated carbocycles. The van der Waals surface area contributed by atoms with Crippen molar-refractivity contribution in [3.8, 4) is 0 Å². The van der Waals surface area contributed by atoms with E-state index in [4.69, 9.17) is 0 Å². The largest absolute Gasteiger partial charge is 0.363 e. The summed E-state index contributed by atoms with van der Waals surface area (Å²) >= 11 is 0. The van der Waals surface area contributed by atoms with Crippen LogP contribution >= 0.6 is 0 Å².